The quantitative estimate of drug-likeness (QED) is 0.181. The fourth-order valence-corrected chi connectivity index (χ4v) is 5.12. The van der Waals surface area contributed by atoms with E-state index in [0.29, 0.717) is 17.3 Å². The molecule has 5 rings (SSSR count). The number of hydrogen-bond acceptors (Lipinski definition) is 4. The van der Waals surface area contributed by atoms with Crippen LogP contribution in [0.15, 0.2) is 67.1 Å². The molecule has 3 heterocycles. The van der Waals surface area contributed by atoms with Gasteiger partial charge in [-0.15, -0.1) is 0 Å². The summed E-state index contributed by atoms with van der Waals surface area (Å²) in [6, 6.07) is 10.3. The zero-order valence-electron chi connectivity index (χ0n) is 21.5. The minimum atomic E-state index is -4.82. The first-order valence-electron chi connectivity index (χ1n) is 12.1. The van der Waals surface area contributed by atoms with E-state index in [4.69, 9.17) is 18.8 Å². The normalized spacial score (nSPS) is 15.0. The Balaban J connectivity index is 1.38. The summed E-state index contributed by atoms with van der Waals surface area (Å²) in [5, 5.41) is 2.51. The predicted molar refractivity (Wildman–Crippen MR) is 147 cm³/mol. The molecule has 13 heteroatoms. The van der Waals surface area contributed by atoms with Gasteiger partial charge >= 0.3 is 6.18 Å². The van der Waals surface area contributed by atoms with Crippen LogP contribution in [0, 0.1) is 12.4 Å². The van der Waals surface area contributed by atoms with Crippen LogP contribution in [0.2, 0.25) is 0 Å². The van der Waals surface area contributed by atoms with Gasteiger partial charge in [0.25, 0.3) is 11.8 Å². The van der Waals surface area contributed by atoms with Gasteiger partial charge in [0.1, 0.15) is 17.0 Å². The molecule has 2 amide bonds. The molecule has 208 valence electrons. The largest absolute Gasteiger partial charge is 0.407 e. The molecule has 1 N–H and O–H groups in total. The van der Waals surface area contributed by atoms with Crippen LogP contribution < -0.4 is 15.1 Å². The Kier molecular flexibility index (Phi) is 6.74. The number of alkyl halides is 3. The maximum atomic E-state index is 15.2. The van der Waals surface area contributed by atoms with E-state index in [9.17, 15) is 22.8 Å². The van der Waals surface area contributed by atoms with Crippen molar-refractivity contribution in [2.24, 2.45) is 0 Å². The predicted octanol–water partition coefficient (Wildman–Crippen LogP) is 5.89. The summed E-state index contributed by atoms with van der Waals surface area (Å²) in [7, 11) is 0. The number of thiocarbonyl (C=S) groups is 1. The Bertz CT molecular complexity index is 1780. The number of carbonyl (C=O) groups is 2. The van der Waals surface area contributed by atoms with Crippen LogP contribution in [0.5, 0.6) is 0 Å². The Morgan fingerprint density at radius 2 is 1.85 bits per heavy atom. The van der Waals surface area contributed by atoms with Gasteiger partial charge in [0.15, 0.2) is 10.8 Å². The van der Waals surface area contributed by atoms with Crippen molar-refractivity contribution in [1.82, 2.24) is 14.7 Å². The van der Waals surface area contributed by atoms with Crippen LogP contribution in [-0.4, -0.2) is 31.9 Å². The fraction of sp³-hybridized carbons (Fsp3) is 0.179. The lowest BCUT2D eigenvalue weighted by molar-refractivity contribution is -0.136. The van der Waals surface area contributed by atoms with Crippen molar-refractivity contribution in [3.8, 4) is 0 Å². The number of halogens is 4. The Hall–Kier alpha value is -4.83. The van der Waals surface area contributed by atoms with Crippen molar-refractivity contribution in [3.05, 3.63) is 101 Å². The molecule has 2 aromatic carbocycles. The average molecular weight is 581 g/mol. The van der Waals surface area contributed by atoms with Gasteiger partial charge in [0, 0.05) is 42.1 Å². The summed E-state index contributed by atoms with van der Waals surface area (Å²) < 4.78 is 57.6. The van der Waals surface area contributed by atoms with Crippen molar-refractivity contribution in [1.29, 1.82) is 0 Å². The number of aromatic nitrogens is 2. The second-order valence-electron chi connectivity index (χ2n) is 9.70. The smallest absolute Gasteiger partial charge is 0.348 e. The van der Waals surface area contributed by atoms with E-state index in [-0.39, 0.29) is 28.6 Å². The SMILES string of the molecule is [C-]#[N+]c1ccc(N2C(=O)C(C)(C)N(c3ccc(CNC(=O)c4ccc5nccn5c4)c(F)c3)C2=S)cc1C(F)(F)F. The number of fused-ring (bicyclic) bond motifs is 1. The summed E-state index contributed by atoms with van der Waals surface area (Å²) in [4.78, 5) is 35.3. The molecule has 0 spiro atoms. The highest BCUT2D eigenvalue weighted by Gasteiger charge is 2.50. The fourth-order valence-electron chi connectivity index (χ4n) is 4.59. The molecular formula is C28H20F4N6O2S. The second kappa shape index (κ2) is 9.97. The van der Waals surface area contributed by atoms with Crippen LogP contribution in [0.4, 0.5) is 34.6 Å². The molecule has 0 atom stereocenters. The number of nitrogens with one attached hydrogen (secondary N) is 1. The van der Waals surface area contributed by atoms with Crippen LogP contribution in [0.3, 0.4) is 0 Å². The van der Waals surface area contributed by atoms with Crippen molar-refractivity contribution in [2.45, 2.75) is 32.1 Å². The minimum Gasteiger partial charge on any atom is -0.348 e. The summed E-state index contributed by atoms with van der Waals surface area (Å²) in [5.74, 6) is -1.73. The standard InChI is InChI=1S/C28H20F4N6O2S/c1-27(2)25(40)37(18-7-8-22(33-3)20(12-18)28(30,31)32)26(41)38(27)19-6-4-16(21(29)13-19)14-35-24(39)17-5-9-23-34-10-11-36(23)15-17/h4-13,15H,14H2,1-2H3,(H,35,39). The lowest BCUT2D eigenvalue weighted by atomic mass is 10.0. The summed E-state index contributed by atoms with van der Waals surface area (Å²) in [6.07, 6.45) is 0.0664. The number of rotatable bonds is 5. The van der Waals surface area contributed by atoms with Gasteiger partial charge in [0.2, 0.25) is 0 Å². The highest BCUT2D eigenvalue weighted by molar-refractivity contribution is 7.81. The topological polar surface area (TPSA) is 74.3 Å². The van der Waals surface area contributed by atoms with Gasteiger partial charge in [-0.05, 0) is 62.5 Å². The van der Waals surface area contributed by atoms with E-state index in [0.717, 1.165) is 17.0 Å². The Morgan fingerprint density at radius 3 is 2.54 bits per heavy atom. The average Bonchev–Trinajstić information content (AvgIpc) is 3.46. The van der Waals surface area contributed by atoms with Crippen molar-refractivity contribution < 1.29 is 27.2 Å². The number of imidazole rings is 1. The van der Waals surface area contributed by atoms with Crippen molar-refractivity contribution in [3.63, 3.8) is 0 Å². The molecule has 0 bridgehead atoms. The highest BCUT2D eigenvalue weighted by Crippen LogP contribution is 2.42. The van der Waals surface area contributed by atoms with Crippen molar-refractivity contribution in [2.75, 3.05) is 9.80 Å². The summed E-state index contributed by atoms with van der Waals surface area (Å²) >= 11 is 5.50. The van der Waals surface area contributed by atoms with E-state index >= 15 is 4.39 Å². The van der Waals surface area contributed by atoms with Gasteiger partial charge in [0.05, 0.1) is 17.7 Å². The molecule has 41 heavy (non-hydrogen) atoms. The van der Waals surface area contributed by atoms with Gasteiger partial charge in [-0.25, -0.2) is 14.2 Å². The zero-order valence-corrected chi connectivity index (χ0v) is 22.3. The van der Waals surface area contributed by atoms with Crippen LogP contribution in [-0.2, 0) is 17.5 Å². The van der Waals surface area contributed by atoms with Gasteiger partial charge in [-0.1, -0.05) is 12.1 Å². The first kappa shape index (κ1) is 27.7. The molecule has 0 radical (unpaired) electrons. The number of hydrogen-bond donors (Lipinski definition) is 1. The molecule has 8 nitrogen and oxygen atoms in total. The summed E-state index contributed by atoms with van der Waals surface area (Å²) in [5.41, 5.74) is -1.95. The van der Waals surface area contributed by atoms with E-state index in [1.54, 1.807) is 35.1 Å². The second-order valence-corrected chi connectivity index (χ2v) is 10.1. The van der Waals surface area contributed by atoms with E-state index in [1.807, 2.05) is 0 Å². The molecule has 2 aromatic heterocycles. The summed E-state index contributed by atoms with van der Waals surface area (Å²) in [6.45, 7) is 9.95. The first-order chi connectivity index (χ1) is 19.3. The zero-order chi connectivity index (χ0) is 29.7. The molecule has 0 aliphatic carbocycles. The molecule has 4 aromatic rings. The van der Waals surface area contributed by atoms with Gasteiger partial charge in [-0.3, -0.25) is 14.5 Å². The van der Waals surface area contributed by atoms with Gasteiger partial charge < -0.3 is 14.6 Å². The number of carbonyl (C=O) groups excluding carboxylic acids is 2. The molecular weight excluding hydrogens is 560 g/mol. The molecule has 1 fully saturated rings. The maximum absolute atomic E-state index is 15.2. The number of benzene rings is 2. The molecule has 0 unspecified atom stereocenters. The number of amides is 2. The number of pyridine rings is 1. The third kappa shape index (κ3) is 4.87. The van der Waals surface area contributed by atoms with Crippen LogP contribution in [0.1, 0.15) is 35.3 Å². The van der Waals surface area contributed by atoms with E-state index < -0.39 is 40.6 Å². The Morgan fingerprint density at radius 1 is 1.12 bits per heavy atom. The van der Waals surface area contributed by atoms with Crippen LogP contribution in [0.25, 0.3) is 10.5 Å². The monoisotopic (exact) mass is 580 g/mol. The highest BCUT2D eigenvalue weighted by atomic mass is 32.1. The molecule has 1 aliphatic rings. The van der Waals surface area contributed by atoms with Crippen molar-refractivity contribution >= 4 is 51.9 Å². The van der Waals surface area contributed by atoms with E-state index in [2.05, 4.69) is 15.1 Å². The minimum absolute atomic E-state index is 0.126. The number of nitrogens with zero attached hydrogens (tertiary/aromatic N) is 5. The maximum Gasteiger partial charge on any atom is 0.407 e. The van der Waals surface area contributed by atoms with Crippen LogP contribution >= 0.6 is 12.2 Å². The molecule has 1 saturated heterocycles. The third-order valence-electron chi connectivity index (χ3n) is 6.72. The first-order valence-corrected chi connectivity index (χ1v) is 12.5. The Labute approximate surface area is 236 Å². The lowest BCUT2D eigenvalue weighted by Crippen LogP contribution is -2.44. The van der Waals surface area contributed by atoms with Gasteiger partial charge in [-0.2, -0.15) is 13.2 Å². The lowest BCUT2D eigenvalue weighted by Gasteiger charge is -2.29. The van der Waals surface area contributed by atoms with E-state index in [1.165, 1.54) is 36.9 Å². The number of anilines is 2. The molecule has 1 aliphatic heterocycles. The molecule has 0 saturated carbocycles. The third-order valence-corrected chi connectivity index (χ3v) is 7.08.